The van der Waals surface area contributed by atoms with Crippen molar-refractivity contribution >= 4 is 32.7 Å². The molecule has 0 unspecified atom stereocenters. The molecule has 0 atom stereocenters. The Morgan fingerprint density at radius 1 is 0.500 bits per heavy atom. The summed E-state index contributed by atoms with van der Waals surface area (Å²) in [5.74, 6) is 0. The molecule has 30 heavy (non-hydrogen) atoms. The highest BCUT2D eigenvalue weighted by Gasteiger charge is 2.22. The number of hydrogen-bond donors (Lipinski definition) is 0. The number of hydrogen-bond acceptors (Lipinski definition) is 1. The van der Waals surface area contributed by atoms with Crippen LogP contribution < -0.4 is 0 Å². The minimum atomic E-state index is 0.946. The Labute approximate surface area is 174 Å². The summed E-state index contributed by atoms with van der Waals surface area (Å²) in [6.07, 6.45) is 0. The van der Waals surface area contributed by atoms with Crippen LogP contribution >= 0.6 is 0 Å². The lowest BCUT2D eigenvalue weighted by molar-refractivity contribution is 0.669. The fourth-order valence-electron chi connectivity index (χ4n) is 5.23. The Morgan fingerprint density at radius 2 is 1.23 bits per heavy atom. The average Bonchev–Trinajstić information content (AvgIpc) is 3.32. The molecule has 0 aliphatic heterocycles. The zero-order chi connectivity index (χ0) is 19.8. The second-order valence-corrected chi connectivity index (χ2v) is 8.20. The van der Waals surface area contributed by atoms with Crippen LogP contribution in [-0.2, 0) is 0 Å². The van der Waals surface area contributed by atoms with Gasteiger partial charge in [0.25, 0.3) is 0 Å². The van der Waals surface area contributed by atoms with Crippen LogP contribution in [0.15, 0.2) is 95.4 Å². The first-order valence-corrected chi connectivity index (χ1v) is 10.4. The van der Waals surface area contributed by atoms with Gasteiger partial charge in [0.1, 0.15) is 11.2 Å². The van der Waals surface area contributed by atoms with Gasteiger partial charge in [0, 0.05) is 10.8 Å². The molecule has 140 valence electrons. The van der Waals surface area contributed by atoms with Crippen LogP contribution in [0, 0.1) is 6.92 Å². The van der Waals surface area contributed by atoms with Crippen LogP contribution in [-0.4, -0.2) is 0 Å². The van der Waals surface area contributed by atoms with Crippen molar-refractivity contribution in [3.63, 3.8) is 0 Å². The molecule has 7 rings (SSSR count). The summed E-state index contributed by atoms with van der Waals surface area (Å²) in [5, 5.41) is 5.08. The number of furan rings is 1. The van der Waals surface area contributed by atoms with E-state index in [9.17, 15) is 0 Å². The van der Waals surface area contributed by atoms with Crippen molar-refractivity contribution in [2.45, 2.75) is 6.92 Å². The third kappa shape index (κ3) is 1.97. The fraction of sp³-hybridized carbons (Fsp3) is 0.0345. The summed E-state index contributed by atoms with van der Waals surface area (Å²) in [7, 11) is 0. The average molecular weight is 382 g/mol. The Kier molecular flexibility index (Phi) is 2.99. The molecule has 1 heteroatoms. The SMILES string of the molecule is Cc1cccc2oc3ccc(-c4ccc5c6c(cccc46)-c4ccccc4-5)cc3c12. The minimum Gasteiger partial charge on any atom is -0.456 e. The molecular formula is C29H18O. The largest absolute Gasteiger partial charge is 0.456 e. The first-order chi connectivity index (χ1) is 14.8. The Bertz CT molecular complexity index is 1620. The monoisotopic (exact) mass is 382 g/mol. The van der Waals surface area contributed by atoms with Crippen LogP contribution in [0.3, 0.4) is 0 Å². The zero-order valence-corrected chi connectivity index (χ0v) is 16.6. The van der Waals surface area contributed by atoms with Crippen molar-refractivity contribution in [2.24, 2.45) is 0 Å². The van der Waals surface area contributed by atoms with E-state index < -0.39 is 0 Å². The molecule has 0 bridgehead atoms. The van der Waals surface area contributed by atoms with Gasteiger partial charge in [-0.05, 0) is 74.8 Å². The van der Waals surface area contributed by atoms with E-state index in [1.165, 1.54) is 60.5 Å². The van der Waals surface area contributed by atoms with Gasteiger partial charge in [-0.15, -0.1) is 0 Å². The van der Waals surface area contributed by atoms with E-state index in [1.807, 2.05) is 0 Å². The van der Waals surface area contributed by atoms with Gasteiger partial charge in [-0.2, -0.15) is 0 Å². The van der Waals surface area contributed by atoms with Crippen molar-refractivity contribution in [1.82, 2.24) is 0 Å². The third-order valence-electron chi connectivity index (χ3n) is 6.56. The van der Waals surface area contributed by atoms with E-state index in [0.29, 0.717) is 0 Å². The summed E-state index contributed by atoms with van der Waals surface area (Å²) in [4.78, 5) is 0. The van der Waals surface area contributed by atoms with Crippen molar-refractivity contribution in [3.8, 4) is 33.4 Å². The maximum absolute atomic E-state index is 6.10. The van der Waals surface area contributed by atoms with E-state index in [2.05, 4.69) is 97.9 Å². The Balaban J connectivity index is 1.54. The molecule has 6 aromatic rings. The molecule has 0 saturated heterocycles. The maximum atomic E-state index is 6.10. The van der Waals surface area contributed by atoms with Crippen LogP contribution in [0.5, 0.6) is 0 Å². The number of aryl methyl sites for hydroxylation is 1. The van der Waals surface area contributed by atoms with E-state index in [0.717, 1.165) is 11.2 Å². The molecule has 1 aliphatic carbocycles. The standard InChI is InChI=1S/C29H18O/c1-17-6-4-11-27-28(17)25-16-18(12-15-26(25)30-27)19-13-14-24-21-8-3-2-7-20(21)23-10-5-9-22(19)29(23)24/h2-16H,1H3. The summed E-state index contributed by atoms with van der Waals surface area (Å²) in [6.45, 7) is 2.15. The highest BCUT2D eigenvalue weighted by molar-refractivity contribution is 6.19. The van der Waals surface area contributed by atoms with Gasteiger partial charge in [0.2, 0.25) is 0 Å². The predicted octanol–water partition coefficient (Wildman–Crippen LogP) is 8.36. The summed E-state index contributed by atoms with van der Waals surface area (Å²) >= 11 is 0. The molecule has 1 aromatic heterocycles. The molecule has 0 radical (unpaired) electrons. The zero-order valence-electron chi connectivity index (χ0n) is 16.6. The van der Waals surface area contributed by atoms with Crippen LogP contribution in [0.4, 0.5) is 0 Å². The van der Waals surface area contributed by atoms with Crippen molar-refractivity contribution in [1.29, 1.82) is 0 Å². The highest BCUT2D eigenvalue weighted by Crippen LogP contribution is 2.49. The van der Waals surface area contributed by atoms with Gasteiger partial charge in [0.15, 0.2) is 0 Å². The normalized spacial score (nSPS) is 12.2. The van der Waals surface area contributed by atoms with Crippen molar-refractivity contribution in [3.05, 3.63) is 96.6 Å². The molecule has 1 aliphatic rings. The first-order valence-electron chi connectivity index (χ1n) is 10.4. The van der Waals surface area contributed by atoms with E-state index >= 15 is 0 Å². The smallest absolute Gasteiger partial charge is 0.135 e. The lowest BCUT2D eigenvalue weighted by Gasteiger charge is -2.10. The van der Waals surface area contributed by atoms with Crippen molar-refractivity contribution < 1.29 is 4.42 Å². The van der Waals surface area contributed by atoms with Gasteiger partial charge >= 0.3 is 0 Å². The Hall–Kier alpha value is -3.84. The molecule has 0 spiro atoms. The van der Waals surface area contributed by atoms with E-state index in [1.54, 1.807) is 0 Å². The summed E-state index contributed by atoms with van der Waals surface area (Å²) in [6, 6.07) is 32.8. The summed E-state index contributed by atoms with van der Waals surface area (Å²) in [5.41, 5.74) is 11.0. The highest BCUT2D eigenvalue weighted by atomic mass is 16.3. The predicted molar refractivity (Wildman–Crippen MR) is 126 cm³/mol. The van der Waals surface area contributed by atoms with E-state index in [-0.39, 0.29) is 0 Å². The number of fused-ring (bicyclic) bond motifs is 6. The lowest BCUT2D eigenvalue weighted by Crippen LogP contribution is -1.84. The second-order valence-electron chi connectivity index (χ2n) is 8.20. The van der Waals surface area contributed by atoms with Gasteiger partial charge in [-0.1, -0.05) is 72.8 Å². The van der Waals surface area contributed by atoms with E-state index in [4.69, 9.17) is 4.42 Å². The first kappa shape index (κ1) is 16.0. The van der Waals surface area contributed by atoms with Gasteiger partial charge < -0.3 is 4.42 Å². The van der Waals surface area contributed by atoms with Crippen LogP contribution in [0.1, 0.15) is 5.56 Å². The fourth-order valence-corrected chi connectivity index (χ4v) is 5.23. The number of rotatable bonds is 1. The molecule has 0 saturated carbocycles. The summed E-state index contributed by atoms with van der Waals surface area (Å²) < 4.78 is 6.10. The van der Waals surface area contributed by atoms with Gasteiger partial charge in [-0.25, -0.2) is 0 Å². The molecule has 5 aromatic carbocycles. The molecule has 1 nitrogen and oxygen atoms in total. The lowest BCUT2D eigenvalue weighted by atomic mass is 9.93. The molecule has 0 N–H and O–H groups in total. The van der Waals surface area contributed by atoms with Gasteiger partial charge in [0.05, 0.1) is 0 Å². The molecule has 0 amide bonds. The van der Waals surface area contributed by atoms with Gasteiger partial charge in [-0.3, -0.25) is 0 Å². The quantitative estimate of drug-likeness (QED) is 0.278. The van der Waals surface area contributed by atoms with Crippen LogP contribution in [0.2, 0.25) is 0 Å². The number of benzene rings is 5. The van der Waals surface area contributed by atoms with Crippen LogP contribution in [0.25, 0.3) is 66.1 Å². The maximum Gasteiger partial charge on any atom is 0.135 e. The topological polar surface area (TPSA) is 13.1 Å². The molecular weight excluding hydrogens is 364 g/mol. The molecule has 1 heterocycles. The molecule has 0 fully saturated rings. The van der Waals surface area contributed by atoms with Crippen molar-refractivity contribution in [2.75, 3.05) is 0 Å². The minimum absolute atomic E-state index is 0.946. The third-order valence-corrected chi connectivity index (χ3v) is 6.56. The Morgan fingerprint density at radius 3 is 2.10 bits per heavy atom. The second kappa shape index (κ2) is 5.61.